The van der Waals surface area contributed by atoms with Gasteiger partial charge in [0.15, 0.2) is 6.61 Å². The van der Waals surface area contributed by atoms with Crippen molar-refractivity contribution in [2.75, 3.05) is 19.7 Å². The summed E-state index contributed by atoms with van der Waals surface area (Å²) in [6.45, 7) is 8.28. The molecule has 308 valence electrons. The van der Waals surface area contributed by atoms with Crippen LogP contribution < -0.4 is 26.0 Å². The number of nitrogens with zero attached hydrogens (tertiary/aromatic N) is 2. The summed E-state index contributed by atoms with van der Waals surface area (Å²) in [5.74, 6) is -3.63. The third-order valence-electron chi connectivity index (χ3n) is 10.3. The molecule has 0 spiro atoms. The number of aromatic hydroxyl groups is 1. The Morgan fingerprint density at radius 3 is 2.42 bits per heavy atom. The number of fused-ring (bicyclic) bond motifs is 2. The van der Waals surface area contributed by atoms with Crippen molar-refractivity contribution < 1.29 is 43.4 Å². The predicted molar refractivity (Wildman–Crippen MR) is 217 cm³/mol. The molecule has 7 amide bonds. The molecular weight excluding hydrogens is 757 g/mol. The third-order valence-corrected chi connectivity index (χ3v) is 10.3. The zero-order valence-corrected chi connectivity index (χ0v) is 33.5. The Morgan fingerprint density at radius 2 is 1.69 bits per heavy atom. The summed E-state index contributed by atoms with van der Waals surface area (Å²) in [6.07, 6.45) is 3.60. The first-order valence-corrected chi connectivity index (χ1v) is 19.7. The Bertz CT molecular complexity index is 2340. The lowest BCUT2D eigenvalue weighted by Gasteiger charge is -2.27. The number of ether oxygens (including phenoxy) is 1. The van der Waals surface area contributed by atoms with E-state index in [1.807, 2.05) is 25.1 Å². The highest BCUT2D eigenvalue weighted by Gasteiger charge is 2.46. The maximum Gasteiger partial charge on any atom is 0.266 e. The predicted octanol–water partition coefficient (Wildman–Crippen LogP) is 4.35. The van der Waals surface area contributed by atoms with Crippen LogP contribution in [-0.4, -0.2) is 82.1 Å². The highest BCUT2D eigenvalue weighted by Crippen LogP contribution is 2.41. The van der Waals surface area contributed by atoms with E-state index >= 15 is 0 Å². The molecule has 1 saturated heterocycles. The first-order valence-electron chi connectivity index (χ1n) is 19.7. The number of imide groups is 2. The van der Waals surface area contributed by atoms with E-state index < -0.39 is 48.2 Å². The van der Waals surface area contributed by atoms with Gasteiger partial charge >= 0.3 is 0 Å². The van der Waals surface area contributed by atoms with Crippen molar-refractivity contribution in [3.63, 3.8) is 0 Å². The molecule has 0 bridgehead atoms. The van der Waals surface area contributed by atoms with Gasteiger partial charge in [-0.1, -0.05) is 52.0 Å². The molecule has 1 aromatic heterocycles. The number of benzene rings is 3. The Balaban J connectivity index is 1.03. The SMILES string of the molecule is CCCC(=O)NC(c1cccc(C(=O)NCCCCNC(=O)COc2cccc3c2C(=O)N(C2CCC(=O)NC2=O)C3=O)c1)c1cc(C(C)(C)C)c2cccnc2c1O. The number of pyridine rings is 1. The molecule has 2 aliphatic rings. The van der Waals surface area contributed by atoms with Crippen LogP contribution in [0.4, 0.5) is 0 Å². The van der Waals surface area contributed by atoms with E-state index in [4.69, 9.17) is 4.74 Å². The molecule has 2 aliphatic heterocycles. The average Bonchev–Trinajstić information content (AvgIpc) is 3.46. The Labute approximate surface area is 341 Å². The molecule has 1 fully saturated rings. The minimum atomic E-state index is -1.13. The number of amides is 7. The lowest BCUT2D eigenvalue weighted by molar-refractivity contribution is -0.136. The van der Waals surface area contributed by atoms with Crippen molar-refractivity contribution in [2.45, 2.75) is 83.7 Å². The summed E-state index contributed by atoms with van der Waals surface area (Å²) in [6, 6.07) is 15.1. The van der Waals surface area contributed by atoms with Crippen molar-refractivity contribution in [3.8, 4) is 11.5 Å². The van der Waals surface area contributed by atoms with E-state index in [1.165, 1.54) is 18.2 Å². The number of carbonyl (C=O) groups excluding carboxylic acids is 7. The number of hydrogen-bond donors (Lipinski definition) is 5. The van der Waals surface area contributed by atoms with Crippen LogP contribution in [0.1, 0.15) is 120 Å². The Hall–Kier alpha value is -6.64. The largest absolute Gasteiger partial charge is 0.505 e. The van der Waals surface area contributed by atoms with Crippen LogP contribution in [0.15, 0.2) is 66.9 Å². The molecule has 5 N–H and O–H groups in total. The maximum absolute atomic E-state index is 13.3. The number of aromatic nitrogens is 1. The molecule has 3 aromatic carbocycles. The van der Waals surface area contributed by atoms with Gasteiger partial charge in [-0.15, -0.1) is 0 Å². The summed E-state index contributed by atoms with van der Waals surface area (Å²) < 4.78 is 5.64. The van der Waals surface area contributed by atoms with Crippen molar-refractivity contribution >= 4 is 52.3 Å². The average molecular weight is 805 g/mol. The fourth-order valence-corrected chi connectivity index (χ4v) is 7.33. The standard InChI is InChI=1S/C44H48N6O9/c1-5-11-33(51)48-37(29-23-30(44(2,3)4)27-15-10-21-46-38(27)39(29)54)25-12-8-13-26(22-25)40(55)47-20-7-6-19-45-35(53)24-59-32-16-9-14-28-36(32)43(58)50(42(28)57)31-17-18-34(52)49-41(31)56/h8-10,12-16,21-23,31,37,54H,5-7,11,17-20,24H2,1-4H3,(H,45,53)(H,47,55)(H,48,51)(H,49,52,56). The van der Waals surface area contributed by atoms with Crippen LogP contribution in [-0.2, 0) is 24.6 Å². The Morgan fingerprint density at radius 1 is 0.949 bits per heavy atom. The number of phenols is 1. The number of hydrogen-bond acceptors (Lipinski definition) is 10. The molecule has 6 rings (SSSR count). The zero-order chi connectivity index (χ0) is 42.4. The molecule has 4 aromatic rings. The van der Waals surface area contributed by atoms with Gasteiger partial charge in [0.1, 0.15) is 23.1 Å². The molecule has 15 nitrogen and oxygen atoms in total. The number of unbranched alkanes of at least 4 members (excludes halogenated alkanes) is 1. The fourth-order valence-electron chi connectivity index (χ4n) is 7.33. The molecule has 2 unspecified atom stereocenters. The zero-order valence-electron chi connectivity index (χ0n) is 33.5. The van der Waals surface area contributed by atoms with Gasteiger partial charge in [0, 0.05) is 48.6 Å². The third kappa shape index (κ3) is 9.24. The summed E-state index contributed by atoms with van der Waals surface area (Å²) >= 11 is 0. The van der Waals surface area contributed by atoms with E-state index in [-0.39, 0.29) is 65.7 Å². The number of rotatable bonds is 15. The van der Waals surface area contributed by atoms with E-state index in [9.17, 15) is 38.7 Å². The molecule has 59 heavy (non-hydrogen) atoms. The van der Waals surface area contributed by atoms with Gasteiger partial charge in [0.2, 0.25) is 17.7 Å². The van der Waals surface area contributed by atoms with Crippen LogP contribution in [0.3, 0.4) is 0 Å². The second-order valence-corrected chi connectivity index (χ2v) is 15.6. The van der Waals surface area contributed by atoms with Crippen molar-refractivity contribution in [1.82, 2.24) is 31.2 Å². The van der Waals surface area contributed by atoms with E-state index in [1.54, 1.807) is 30.5 Å². The maximum atomic E-state index is 13.3. The Kier molecular flexibility index (Phi) is 12.7. The molecule has 3 heterocycles. The normalized spacial score (nSPS) is 15.7. The second kappa shape index (κ2) is 17.9. The first-order chi connectivity index (χ1) is 28.2. The minimum Gasteiger partial charge on any atom is -0.505 e. The molecule has 0 saturated carbocycles. The fraction of sp³-hybridized carbons (Fsp3) is 0.364. The lowest BCUT2D eigenvalue weighted by Crippen LogP contribution is -2.54. The van der Waals surface area contributed by atoms with Crippen molar-refractivity contribution in [3.05, 3.63) is 100 Å². The highest BCUT2D eigenvalue weighted by molar-refractivity contribution is 6.24. The van der Waals surface area contributed by atoms with E-state index in [2.05, 4.69) is 47.0 Å². The van der Waals surface area contributed by atoms with Gasteiger partial charge in [0.05, 0.1) is 17.2 Å². The summed E-state index contributed by atoms with van der Waals surface area (Å²) in [5.41, 5.74) is 2.52. The molecule has 2 atom stereocenters. The van der Waals surface area contributed by atoms with Crippen LogP contribution in [0.2, 0.25) is 0 Å². The number of piperidine rings is 1. The van der Waals surface area contributed by atoms with Gasteiger partial charge in [0.25, 0.3) is 23.6 Å². The molecule has 0 aliphatic carbocycles. The van der Waals surface area contributed by atoms with Gasteiger partial charge in [-0.25, -0.2) is 0 Å². The van der Waals surface area contributed by atoms with Gasteiger partial charge in [-0.2, -0.15) is 0 Å². The van der Waals surface area contributed by atoms with E-state index in [0.29, 0.717) is 48.0 Å². The van der Waals surface area contributed by atoms with Crippen LogP contribution in [0, 0.1) is 0 Å². The highest BCUT2D eigenvalue weighted by atomic mass is 16.5. The van der Waals surface area contributed by atoms with E-state index in [0.717, 1.165) is 15.8 Å². The molecular formula is C44H48N6O9. The minimum absolute atomic E-state index is 0.00753. The second-order valence-electron chi connectivity index (χ2n) is 15.6. The number of phenolic OH excluding ortho intramolecular Hbond substituents is 1. The summed E-state index contributed by atoms with van der Waals surface area (Å²) in [7, 11) is 0. The molecule has 0 radical (unpaired) electrons. The van der Waals surface area contributed by atoms with Gasteiger partial charge in [-0.3, -0.25) is 48.8 Å². The number of carbonyl (C=O) groups is 7. The quantitative estimate of drug-likeness (QED) is 0.0847. The first kappa shape index (κ1) is 42.0. The monoisotopic (exact) mass is 804 g/mol. The number of nitrogens with one attached hydrogen (secondary N) is 4. The van der Waals surface area contributed by atoms with Crippen molar-refractivity contribution in [1.29, 1.82) is 0 Å². The smallest absolute Gasteiger partial charge is 0.266 e. The van der Waals surface area contributed by atoms with Crippen LogP contribution >= 0.6 is 0 Å². The lowest BCUT2D eigenvalue weighted by atomic mass is 9.81. The van der Waals surface area contributed by atoms with Gasteiger partial charge in [-0.05, 0) is 78.6 Å². The topological polar surface area (TPSA) is 213 Å². The van der Waals surface area contributed by atoms with Gasteiger partial charge < -0.3 is 25.8 Å². The molecule has 15 heteroatoms. The van der Waals surface area contributed by atoms with Crippen LogP contribution in [0.25, 0.3) is 10.9 Å². The summed E-state index contributed by atoms with van der Waals surface area (Å²) in [4.78, 5) is 94.6. The van der Waals surface area contributed by atoms with Crippen LogP contribution in [0.5, 0.6) is 11.5 Å². The van der Waals surface area contributed by atoms with Crippen molar-refractivity contribution in [2.24, 2.45) is 0 Å². The summed E-state index contributed by atoms with van der Waals surface area (Å²) in [5, 5.41) is 23.2.